The molecule has 0 aromatic heterocycles. The fraction of sp³-hybridized carbons (Fsp3) is 0.704. The zero-order valence-electron chi connectivity index (χ0n) is 21.1. The summed E-state index contributed by atoms with van der Waals surface area (Å²) in [5, 5.41) is 0. The fourth-order valence-corrected chi connectivity index (χ4v) is 3.56. The van der Waals surface area contributed by atoms with Crippen LogP contribution in [0.1, 0.15) is 79.2 Å². The van der Waals surface area contributed by atoms with Crippen LogP contribution in [0.2, 0.25) is 0 Å². The molecule has 0 aliphatic rings. The molecule has 1 amide bonds. The molecule has 5 nitrogen and oxygen atoms in total. The summed E-state index contributed by atoms with van der Waals surface area (Å²) in [7, 11) is 0. The minimum absolute atomic E-state index is 0.125. The van der Waals surface area contributed by atoms with Crippen LogP contribution in [-0.2, 0) is 20.7 Å². The van der Waals surface area contributed by atoms with Crippen LogP contribution in [0.3, 0.4) is 0 Å². The van der Waals surface area contributed by atoms with E-state index in [-0.39, 0.29) is 29.9 Å². The minimum Gasteiger partial charge on any atom is -0.465 e. The largest absolute Gasteiger partial charge is 0.465 e. The maximum atomic E-state index is 13.1. The number of esters is 1. The van der Waals surface area contributed by atoms with Gasteiger partial charge in [0.1, 0.15) is 0 Å². The Morgan fingerprint density at radius 1 is 0.875 bits per heavy atom. The van der Waals surface area contributed by atoms with Crippen molar-refractivity contribution in [3.63, 3.8) is 0 Å². The van der Waals surface area contributed by atoms with Crippen molar-refractivity contribution in [3.05, 3.63) is 35.9 Å². The molecule has 0 radical (unpaired) electrons. The van der Waals surface area contributed by atoms with Gasteiger partial charge < -0.3 is 14.4 Å². The summed E-state index contributed by atoms with van der Waals surface area (Å²) in [5.74, 6) is 0.0856. The third-order valence-corrected chi connectivity index (χ3v) is 5.37. The Kier molecular flexibility index (Phi) is 13.7. The van der Waals surface area contributed by atoms with Crippen LogP contribution in [0.15, 0.2) is 30.3 Å². The number of carbonyl (C=O) groups excluding carboxylic acids is 2. The predicted octanol–water partition coefficient (Wildman–Crippen LogP) is 6.50. The van der Waals surface area contributed by atoms with Gasteiger partial charge in [-0.2, -0.15) is 0 Å². The van der Waals surface area contributed by atoms with E-state index in [4.69, 9.17) is 9.47 Å². The Bertz CT molecular complexity index is 644. The van der Waals surface area contributed by atoms with Crippen LogP contribution < -0.4 is 0 Å². The van der Waals surface area contributed by atoms with Crippen molar-refractivity contribution in [2.24, 2.45) is 17.8 Å². The van der Waals surface area contributed by atoms with Crippen LogP contribution in [0.5, 0.6) is 0 Å². The molecule has 0 aliphatic heterocycles. The maximum absolute atomic E-state index is 13.1. The number of nitrogens with zero attached hydrogens (tertiary/aromatic N) is 1. The lowest BCUT2D eigenvalue weighted by atomic mass is 9.94. The summed E-state index contributed by atoms with van der Waals surface area (Å²) in [6, 6.07) is 10.0. The third kappa shape index (κ3) is 11.5. The van der Waals surface area contributed by atoms with Gasteiger partial charge in [-0.05, 0) is 36.7 Å². The Morgan fingerprint density at radius 3 is 2.09 bits per heavy atom. The molecule has 0 saturated carbocycles. The highest BCUT2D eigenvalue weighted by molar-refractivity contribution is 5.72. The molecule has 2 atom stereocenters. The average Bonchev–Trinajstić information content (AvgIpc) is 2.76. The van der Waals surface area contributed by atoms with Crippen molar-refractivity contribution in [1.82, 2.24) is 4.90 Å². The van der Waals surface area contributed by atoms with Crippen LogP contribution in [0.4, 0.5) is 4.79 Å². The number of amides is 1. The van der Waals surface area contributed by atoms with Gasteiger partial charge >= 0.3 is 12.1 Å². The summed E-state index contributed by atoms with van der Waals surface area (Å²) >= 11 is 0. The van der Waals surface area contributed by atoms with Gasteiger partial charge in [0.2, 0.25) is 0 Å². The van der Waals surface area contributed by atoms with Crippen LogP contribution in [0, 0.1) is 17.8 Å². The molecular formula is C27H45NO4. The standard InChI is InChI=1S/C27H45NO4/c1-7-8-9-13-16-28(27(30)32-20-22(4)5)25(18-24-14-11-10-12-15-24)17-23(6)26(29)31-19-21(2)3/h10-12,14-15,21-23,25H,7-9,13,16-20H2,1-6H3. The van der Waals surface area contributed by atoms with Crippen LogP contribution in [0.25, 0.3) is 0 Å². The molecule has 0 fully saturated rings. The molecular weight excluding hydrogens is 402 g/mol. The van der Waals surface area contributed by atoms with E-state index in [0.29, 0.717) is 38.5 Å². The Labute approximate surface area is 195 Å². The number of unbranched alkanes of at least 4 members (excludes halogenated alkanes) is 3. The average molecular weight is 448 g/mol. The molecule has 1 rings (SSSR count). The second-order valence-electron chi connectivity index (χ2n) is 9.73. The molecule has 0 spiro atoms. The quantitative estimate of drug-likeness (QED) is 0.227. The Morgan fingerprint density at radius 2 is 1.50 bits per heavy atom. The van der Waals surface area contributed by atoms with Crippen molar-refractivity contribution in [2.45, 2.75) is 86.1 Å². The molecule has 0 saturated heterocycles. The summed E-state index contributed by atoms with van der Waals surface area (Å²) in [5.41, 5.74) is 1.15. The minimum atomic E-state index is -0.293. The molecule has 0 heterocycles. The molecule has 0 bridgehead atoms. The molecule has 182 valence electrons. The van der Waals surface area contributed by atoms with Gasteiger partial charge in [0.15, 0.2) is 0 Å². The van der Waals surface area contributed by atoms with Gasteiger partial charge in [-0.3, -0.25) is 4.79 Å². The molecule has 1 aromatic rings. The molecule has 5 heteroatoms. The zero-order chi connectivity index (χ0) is 23.9. The number of ether oxygens (including phenoxy) is 2. The topological polar surface area (TPSA) is 55.8 Å². The number of benzene rings is 1. The number of carbonyl (C=O) groups is 2. The van der Waals surface area contributed by atoms with Crippen LogP contribution >= 0.6 is 0 Å². The molecule has 0 N–H and O–H groups in total. The fourth-order valence-electron chi connectivity index (χ4n) is 3.56. The van der Waals surface area contributed by atoms with Crippen molar-refractivity contribution < 1.29 is 19.1 Å². The van der Waals surface area contributed by atoms with Crippen molar-refractivity contribution in [2.75, 3.05) is 19.8 Å². The van der Waals surface area contributed by atoms with E-state index in [0.717, 1.165) is 31.2 Å². The second kappa shape index (κ2) is 15.7. The first-order valence-corrected chi connectivity index (χ1v) is 12.4. The first-order chi connectivity index (χ1) is 15.2. The Hall–Kier alpha value is -2.04. The summed E-state index contributed by atoms with van der Waals surface area (Å²) in [6.07, 6.45) is 5.26. The van der Waals surface area contributed by atoms with Gasteiger partial charge in [0, 0.05) is 12.6 Å². The van der Waals surface area contributed by atoms with E-state index in [1.54, 1.807) is 0 Å². The summed E-state index contributed by atoms with van der Waals surface area (Å²) in [4.78, 5) is 27.5. The van der Waals surface area contributed by atoms with Gasteiger partial charge in [-0.25, -0.2) is 4.79 Å². The zero-order valence-corrected chi connectivity index (χ0v) is 21.1. The predicted molar refractivity (Wildman–Crippen MR) is 131 cm³/mol. The van der Waals surface area contributed by atoms with E-state index in [1.807, 2.05) is 57.7 Å². The van der Waals surface area contributed by atoms with Gasteiger partial charge in [-0.15, -0.1) is 0 Å². The second-order valence-corrected chi connectivity index (χ2v) is 9.73. The first kappa shape index (κ1) is 28.0. The van der Waals surface area contributed by atoms with E-state index in [1.165, 1.54) is 0 Å². The lowest BCUT2D eigenvalue weighted by molar-refractivity contribution is -0.149. The van der Waals surface area contributed by atoms with Crippen molar-refractivity contribution in [1.29, 1.82) is 0 Å². The molecule has 32 heavy (non-hydrogen) atoms. The van der Waals surface area contributed by atoms with Crippen LogP contribution in [-0.4, -0.2) is 42.8 Å². The molecule has 0 aliphatic carbocycles. The normalized spacial score (nSPS) is 13.1. The highest BCUT2D eigenvalue weighted by Gasteiger charge is 2.29. The summed E-state index contributed by atoms with van der Waals surface area (Å²) < 4.78 is 11.1. The SMILES string of the molecule is CCCCCCN(C(=O)OCC(C)C)C(Cc1ccccc1)CC(C)C(=O)OCC(C)C. The Balaban J connectivity index is 3.02. The number of rotatable bonds is 15. The van der Waals surface area contributed by atoms with E-state index in [9.17, 15) is 9.59 Å². The highest BCUT2D eigenvalue weighted by atomic mass is 16.6. The van der Waals surface area contributed by atoms with Gasteiger partial charge in [0.05, 0.1) is 19.1 Å². The number of hydrogen-bond donors (Lipinski definition) is 0. The van der Waals surface area contributed by atoms with E-state index in [2.05, 4.69) is 19.1 Å². The number of hydrogen-bond acceptors (Lipinski definition) is 4. The van der Waals surface area contributed by atoms with Gasteiger partial charge in [-0.1, -0.05) is 91.1 Å². The third-order valence-electron chi connectivity index (χ3n) is 5.37. The molecule has 2 unspecified atom stereocenters. The lowest BCUT2D eigenvalue weighted by Crippen LogP contribution is -2.44. The lowest BCUT2D eigenvalue weighted by Gasteiger charge is -2.33. The smallest absolute Gasteiger partial charge is 0.410 e. The maximum Gasteiger partial charge on any atom is 0.410 e. The first-order valence-electron chi connectivity index (χ1n) is 12.4. The monoisotopic (exact) mass is 447 g/mol. The highest BCUT2D eigenvalue weighted by Crippen LogP contribution is 2.21. The van der Waals surface area contributed by atoms with E-state index < -0.39 is 0 Å². The van der Waals surface area contributed by atoms with E-state index >= 15 is 0 Å². The summed E-state index contributed by atoms with van der Waals surface area (Å²) in [6.45, 7) is 13.7. The van der Waals surface area contributed by atoms with Crippen molar-refractivity contribution >= 4 is 12.1 Å². The van der Waals surface area contributed by atoms with Gasteiger partial charge in [0.25, 0.3) is 0 Å². The molecule has 1 aromatic carbocycles. The van der Waals surface area contributed by atoms with Crippen molar-refractivity contribution in [3.8, 4) is 0 Å².